The maximum absolute atomic E-state index is 12.0. The van der Waals surface area contributed by atoms with Crippen molar-refractivity contribution in [3.8, 4) is 0 Å². The molecule has 0 spiro atoms. The zero-order valence-electron chi connectivity index (χ0n) is 12.0. The number of hydrogen-bond acceptors (Lipinski definition) is 2. The summed E-state index contributed by atoms with van der Waals surface area (Å²) in [5.41, 5.74) is 3.00. The number of anilines is 1. The predicted molar refractivity (Wildman–Crippen MR) is 77.4 cm³/mol. The van der Waals surface area contributed by atoms with Gasteiger partial charge in [0.1, 0.15) is 6.10 Å². The first-order chi connectivity index (χ1) is 9.08. The highest BCUT2D eigenvalue weighted by Crippen LogP contribution is 2.27. The quantitative estimate of drug-likeness (QED) is 0.855. The van der Waals surface area contributed by atoms with Gasteiger partial charge in [-0.2, -0.15) is 0 Å². The van der Waals surface area contributed by atoms with Crippen molar-refractivity contribution < 1.29 is 9.53 Å². The summed E-state index contributed by atoms with van der Waals surface area (Å²) in [5.74, 6) is 0.470. The van der Waals surface area contributed by atoms with Gasteiger partial charge in [0.15, 0.2) is 0 Å². The Bertz CT molecular complexity index is 436. The molecule has 1 aromatic carbocycles. The Morgan fingerprint density at radius 2 is 1.84 bits per heavy atom. The summed E-state index contributed by atoms with van der Waals surface area (Å²) in [6.07, 6.45) is 4.29. The number of amides is 1. The van der Waals surface area contributed by atoms with Crippen LogP contribution in [-0.2, 0) is 4.74 Å². The van der Waals surface area contributed by atoms with Gasteiger partial charge in [-0.05, 0) is 50.2 Å². The first kappa shape index (κ1) is 13.9. The molecule has 0 aromatic heterocycles. The molecule has 1 amide bonds. The van der Waals surface area contributed by atoms with Gasteiger partial charge in [-0.25, -0.2) is 4.79 Å². The van der Waals surface area contributed by atoms with Gasteiger partial charge in [0.2, 0.25) is 0 Å². The summed E-state index contributed by atoms with van der Waals surface area (Å²) in [4.78, 5) is 12.0. The minimum Gasteiger partial charge on any atom is -0.446 e. The van der Waals surface area contributed by atoms with E-state index in [4.69, 9.17) is 4.74 Å². The van der Waals surface area contributed by atoms with E-state index >= 15 is 0 Å². The monoisotopic (exact) mass is 261 g/mol. The summed E-state index contributed by atoms with van der Waals surface area (Å²) >= 11 is 0. The number of rotatable bonds is 2. The Balaban J connectivity index is 1.97. The Labute approximate surface area is 115 Å². The molecule has 1 aliphatic rings. The number of para-hydroxylation sites is 1. The van der Waals surface area contributed by atoms with Crippen molar-refractivity contribution in [1.29, 1.82) is 0 Å². The van der Waals surface area contributed by atoms with E-state index in [2.05, 4.69) is 12.2 Å². The van der Waals surface area contributed by atoms with E-state index in [1.807, 2.05) is 32.0 Å². The molecular weight excluding hydrogens is 238 g/mol. The molecule has 104 valence electrons. The van der Waals surface area contributed by atoms with Crippen LogP contribution in [0.2, 0.25) is 0 Å². The molecule has 1 fully saturated rings. The Morgan fingerprint density at radius 1 is 1.21 bits per heavy atom. The number of aryl methyl sites for hydroxylation is 2. The van der Waals surface area contributed by atoms with Crippen LogP contribution in [0.25, 0.3) is 0 Å². The van der Waals surface area contributed by atoms with Crippen LogP contribution in [0.1, 0.15) is 43.7 Å². The normalized spacial score (nSPS) is 22.9. The maximum atomic E-state index is 12.0. The molecule has 2 rings (SSSR count). The molecule has 1 aromatic rings. The van der Waals surface area contributed by atoms with E-state index in [0.29, 0.717) is 5.92 Å². The van der Waals surface area contributed by atoms with Crippen LogP contribution < -0.4 is 5.32 Å². The van der Waals surface area contributed by atoms with Crippen molar-refractivity contribution in [2.75, 3.05) is 5.32 Å². The number of hydrogen-bond donors (Lipinski definition) is 1. The second-order valence-electron chi connectivity index (χ2n) is 5.60. The molecule has 0 saturated heterocycles. The smallest absolute Gasteiger partial charge is 0.411 e. The Morgan fingerprint density at radius 3 is 2.47 bits per heavy atom. The molecule has 1 N–H and O–H groups in total. The Kier molecular flexibility index (Phi) is 4.46. The largest absolute Gasteiger partial charge is 0.446 e. The van der Waals surface area contributed by atoms with E-state index in [0.717, 1.165) is 36.1 Å². The minimum atomic E-state index is -0.323. The summed E-state index contributed by atoms with van der Waals surface area (Å²) in [6.45, 7) is 6.15. The molecule has 3 heteroatoms. The molecule has 0 bridgehead atoms. The SMILES string of the molecule is Cc1cccc(C)c1NC(=O)O[C@H]1CCCC[C@@H]1C. The zero-order chi connectivity index (χ0) is 13.8. The zero-order valence-corrected chi connectivity index (χ0v) is 12.0. The average Bonchev–Trinajstić information content (AvgIpc) is 2.37. The average molecular weight is 261 g/mol. The fraction of sp³-hybridized carbons (Fsp3) is 0.562. The molecule has 1 aliphatic carbocycles. The van der Waals surface area contributed by atoms with Gasteiger partial charge in [0, 0.05) is 5.69 Å². The lowest BCUT2D eigenvalue weighted by Crippen LogP contribution is -2.30. The lowest BCUT2D eigenvalue weighted by molar-refractivity contribution is 0.0524. The third-order valence-electron chi connectivity index (χ3n) is 4.00. The standard InChI is InChI=1S/C16H23NO2/c1-11-7-4-5-10-14(11)19-16(18)17-15-12(2)8-6-9-13(15)3/h6,8-9,11,14H,4-5,7,10H2,1-3H3,(H,17,18)/t11-,14-/m0/s1. The van der Waals surface area contributed by atoms with E-state index in [1.54, 1.807) is 0 Å². The number of nitrogens with one attached hydrogen (secondary N) is 1. The van der Waals surface area contributed by atoms with Crippen LogP contribution in [0.4, 0.5) is 10.5 Å². The second-order valence-corrected chi connectivity index (χ2v) is 5.60. The van der Waals surface area contributed by atoms with Crippen molar-refractivity contribution in [2.24, 2.45) is 5.92 Å². The van der Waals surface area contributed by atoms with Gasteiger partial charge in [-0.1, -0.05) is 31.5 Å². The van der Waals surface area contributed by atoms with Crippen molar-refractivity contribution in [1.82, 2.24) is 0 Å². The third-order valence-corrected chi connectivity index (χ3v) is 4.00. The molecule has 0 aliphatic heterocycles. The second kappa shape index (κ2) is 6.09. The van der Waals surface area contributed by atoms with Crippen LogP contribution in [0.3, 0.4) is 0 Å². The van der Waals surface area contributed by atoms with Crippen LogP contribution in [-0.4, -0.2) is 12.2 Å². The first-order valence-corrected chi connectivity index (χ1v) is 7.12. The van der Waals surface area contributed by atoms with Crippen LogP contribution in [0.15, 0.2) is 18.2 Å². The molecule has 19 heavy (non-hydrogen) atoms. The van der Waals surface area contributed by atoms with Gasteiger partial charge in [-0.15, -0.1) is 0 Å². The molecule has 0 unspecified atom stereocenters. The van der Waals surface area contributed by atoms with E-state index in [-0.39, 0.29) is 12.2 Å². The molecule has 0 radical (unpaired) electrons. The lowest BCUT2D eigenvalue weighted by Gasteiger charge is -2.28. The maximum Gasteiger partial charge on any atom is 0.411 e. The molecule has 2 atom stereocenters. The topological polar surface area (TPSA) is 38.3 Å². The van der Waals surface area contributed by atoms with Crippen molar-refractivity contribution in [3.05, 3.63) is 29.3 Å². The molecule has 0 heterocycles. The highest BCUT2D eigenvalue weighted by atomic mass is 16.6. The predicted octanol–water partition coefficient (Wildman–Crippen LogP) is 4.43. The summed E-state index contributed by atoms with van der Waals surface area (Å²) in [5, 5.41) is 2.89. The van der Waals surface area contributed by atoms with Crippen LogP contribution >= 0.6 is 0 Å². The fourth-order valence-corrected chi connectivity index (χ4v) is 2.74. The minimum absolute atomic E-state index is 0.0677. The van der Waals surface area contributed by atoms with Gasteiger partial charge in [0.25, 0.3) is 0 Å². The van der Waals surface area contributed by atoms with Gasteiger partial charge in [-0.3, -0.25) is 5.32 Å². The third kappa shape index (κ3) is 3.49. The Hall–Kier alpha value is -1.51. The highest BCUT2D eigenvalue weighted by molar-refractivity contribution is 5.86. The molecule has 3 nitrogen and oxygen atoms in total. The summed E-state index contributed by atoms with van der Waals surface area (Å²) in [7, 11) is 0. The number of carbonyl (C=O) groups is 1. The summed E-state index contributed by atoms with van der Waals surface area (Å²) in [6, 6.07) is 5.97. The van der Waals surface area contributed by atoms with Gasteiger partial charge < -0.3 is 4.74 Å². The number of ether oxygens (including phenoxy) is 1. The first-order valence-electron chi connectivity index (χ1n) is 7.12. The fourth-order valence-electron chi connectivity index (χ4n) is 2.74. The molecular formula is C16H23NO2. The lowest BCUT2D eigenvalue weighted by atomic mass is 9.88. The van der Waals surface area contributed by atoms with E-state index < -0.39 is 0 Å². The van der Waals surface area contributed by atoms with Crippen molar-refractivity contribution in [2.45, 2.75) is 52.6 Å². The van der Waals surface area contributed by atoms with Crippen molar-refractivity contribution in [3.63, 3.8) is 0 Å². The van der Waals surface area contributed by atoms with E-state index in [1.165, 1.54) is 6.42 Å². The van der Waals surface area contributed by atoms with Gasteiger partial charge >= 0.3 is 6.09 Å². The highest BCUT2D eigenvalue weighted by Gasteiger charge is 2.25. The summed E-state index contributed by atoms with van der Waals surface area (Å²) < 4.78 is 5.57. The van der Waals surface area contributed by atoms with Crippen LogP contribution in [0, 0.1) is 19.8 Å². The van der Waals surface area contributed by atoms with Crippen LogP contribution in [0.5, 0.6) is 0 Å². The van der Waals surface area contributed by atoms with E-state index in [9.17, 15) is 4.79 Å². The molecule has 1 saturated carbocycles. The number of carbonyl (C=O) groups excluding carboxylic acids is 1. The van der Waals surface area contributed by atoms with Gasteiger partial charge in [0.05, 0.1) is 0 Å². The number of benzene rings is 1. The van der Waals surface area contributed by atoms with Crippen molar-refractivity contribution >= 4 is 11.8 Å².